The molecular weight excluding hydrogens is 526 g/mol. The number of alkyl halides is 2. The van der Waals surface area contributed by atoms with Crippen LogP contribution in [-0.2, 0) is 25.5 Å². The van der Waals surface area contributed by atoms with Gasteiger partial charge in [-0.25, -0.2) is 4.79 Å². The van der Waals surface area contributed by atoms with E-state index in [1.165, 1.54) is 4.90 Å². The average molecular weight is 569 g/mol. The second-order valence-corrected chi connectivity index (χ2v) is 11.5. The van der Waals surface area contributed by atoms with E-state index in [9.17, 15) is 33.1 Å². The number of carbonyl (C=O) groups excluding carboxylic acids is 4. The molecular formula is C28H42F2N4O6. The van der Waals surface area contributed by atoms with Gasteiger partial charge in [-0.2, -0.15) is 8.78 Å². The van der Waals surface area contributed by atoms with Gasteiger partial charge in [-0.05, 0) is 57.9 Å². The molecule has 2 rings (SSSR count). The zero-order chi connectivity index (χ0) is 30.3. The molecule has 4 amide bonds. The number of likely N-dealkylation sites (tertiary alicyclic amines) is 1. The number of aliphatic hydroxyl groups is 1. The first-order chi connectivity index (χ1) is 18.6. The van der Waals surface area contributed by atoms with Gasteiger partial charge in [0.2, 0.25) is 11.8 Å². The molecule has 0 saturated carbocycles. The molecule has 1 fully saturated rings. The predicted octanol–water partition coefficient (Wildman–Crippen LogP) is 2.39. The number of nitrogens with one attached hydrogen (secondary N) is 3. The molecule has 0 aromatic heterocycles. The molecule has 4 atom stereocenters. The number of benzene rings is 1. The Morgan fingerprint density at radius 2 is 1.73 bits per heavy atom. The van der Waals surface area contributed by atoms with Crippen molar-refractivity contribution in [1.29, 1.82) is 0 Å². The molecule has 1 unspecified atom stereocenters. The largest absolute Gasteiger partial charge is 0.444 e. The van der Waals surface area contributed by atoms with Crippen LogP contribution in [0, 0.1) is 5.92 Å². The zero-order valence-corrected chi connectivity index (χ0v) is 24.0. The molecule has 1 aromatic carbocycles. The SMILES string of the molecule is CNC(=O)C(F)(F)[C@H](O)C(Cc1ccccc1)NC(=O)[C@@H]1CCCN1C(=O)[C@H](CC(C)C)NC(=O)OC(C)(C)C. The minimum absolute atomic E-state index is 0.0242. The van der Waals surface area contributed by atoms with E-state index in [2.05, 4.69) is 10.6 Å². The number of carbonyl (C=O) groups is 4. The molecule has 4 N–H and O–H groups in total. The number of halogens is 2. The number of rotatable bonds is 11. The van der Waals surface area contributed by atoms with Gasteiger partial charge in [-0.1, -0.05) is 44.2 Å². The van der Waals surface area contributed by atoms with Gasteiger partial charge in [0.15, 0.2) is 0 Å². The predicted molar refractivity (Wildman–Crippen MR) is 144 cm³/mol. The fraction of sp³-hybridized carbons (Fsp3) is 0.643. The molecule has 0 aliphatic carbocycles. The molecule has 1 aliphatic rings. The van der Waals surface area contributed by atoms with Gasteiger partial charge in [-0.3, -0.25) is 14.4 Å². The highest BCUT2D eigenvalue weighted by molar-refractivity contribution is 5.92. The highest BCUT2D eigenvalue weighted by atomic mass is 19.3. The van der Waals surface area contributed by atoms with Crippen LogP contribution >= 0.6 is 0 Å². The maximum Gasteiger partial charge on any atom is 0.408 e. The summed E-state index contributed by atoms with van der Waals surface area (Å²) in [5.41, 5.74) is -0.228. The lowest BCUT2D eigenvalue weighted by Gasteiger charge is -2.33. The molecule has 0 bridgehead atoms. The summed E-state index contributed by atoms with van der Waals surface area (Å²) >= 11 is 0. The van der Waals surface area contributed by atoms with Gasteiger partial charge in [0.25, 0.3) is 5.91 Å². The van der Waals surface area contributed by atoms with E-state index in [0.29, 0.717) is 12.0 Å². The minimum Gasteiger partial charge on any atom is -0.444 e. The number of hydrogen-bond acceptors (Lipinski definition) is 6. The van der Waals surface area contributed by atoms with Crippen LogP contribution in [0.4, 0.5) is 13.6 Å². The average Bonchev–Trinajstić information content (AvgIpc) is 3.35. The molecule has 1 saturated heterocycles. The summed E-state index contributed by atoms with van der Waals surface area (Å²) in [5.74, 6) is -7.08. The zero-order valence-electron chi connectivity index (χ0n) is 24.0. The lowest BCUT2D eigenvalue weighted by atomic mass is 9.96. The molecule has 40 heavy (non-hydrogen) atoms. The lowest BCUT2D eigenvalue weighted by Crippen LogP contribution is -2.60. The van der Waals surface area contributed by atoms with Gasteiger partial charge in [0.05, 0.1) is 6.04 Å². The van der Waals surface area contributed by atoms with Crippen molar-refractivity contribution in [2.45, 2.75) is 96.1 Å². The molecule has 1 heterocycles. The Hall–Kier alpha value is -3.28. The normalized spacial score (nSPS) is 18.1. The molecule has 1 aliphatic heterocycles. The van der Waals surface area contributed by atoms with Gasteiger partial charge >= 0.3 is 12.0 Å². The van der Waals surface area contributed by atoms with Gasteiger partial charge in [0, 0.05) is 13.6 Å². The Kier molecular flexibility index (Phi) is 11.4. The summed E-state index contributed by atoms with van der Waals surface area (Å²) in [6.45, 7) is 9.07. The van der Waals surface area contributed by atoms with Crippen LogP contribution in [0.1, 0.15) is 59.4 Å². The van der Waals surface area contributed by atoms with Crippen LogP contribution < -0.4 is 16.0 Å². The molecule has 224 valence electrons. The number of nitrogens with zero attached hydrogens (tertiary/aromatic N) is 1. The van der Waals surface area contributed by atoms with E-state index in [1.807, 2.05) is 19.2 Å². The Balaban J connectivity index is 2.27. The van der Waals surface area contributed by atoms with E-state index >= 15 is 0 Å². The number of amides is 4. The van der Waals surface area contributed by atoms with Crippen molar-refractivity contribution < 1.29 is 37.8 Å². The molecule has 0 spiro atoms. The second kappa shape index (κ2) is 13.9. The maximum absolute atomic E-state index is 14.7. The first-order valence-electron chi connectivity index (χ1n) is 13.5. The highest BCUT2D eigenvalue weighted by Crippen LogP contribution is 2.25. The van der Waals surface area contributed by atoms with Crippen molar-refractivity contribution in [2.24, 2.45) is 5.92 Å². The maximum atomic E-state index is 14.7. The quantitative estimate of drug-likeness (QED) is 0.324. The van der Waals surface area contributed by atoms with Crippen LogP contribution in [-0.4, -0.2) is 83.2 Å². The van der Waals surface area contributed by atoms with Crippen molar-refractivity contribution in [3.8, 4) is 0 Å². The van der Waals surface area contributed by atoms with Crippen LogP contribution in [0.15, 0.2) is 30.3 Å². The fourth-order valence-electron chi connectivity index (χ4n) is 4.59. The summed E-state index contributed by atoms with van der Waals surface area (Å²) in [6.07, 6.45) is -2.46. The first-order valence-corrected chi connectivity index (χ1v) is 13.5. The summed E-state index contributed by atoms with van der Waals surface area (Å²) in [7, 11) is 1.02. The van der Waals surface area contributed by atoms with Crippen molar-refractivity contribution >= 4 is 23.8 Å². The number of alkyl carbamates (subject to hydrolysis) is 1. The van der Waals surface area contributed by atoms with E-state index in [4.69, 9.17) is 4.74 Å². The van der Waals surface area contributed by atoms with Gasteiger partial charge < -0.3 is 30.7 Å². The minimum atomic E-state index is -4.19. The van der Waals surface area contributed by atoms with Crippen LogP contribution in [0.25, 0.3) is 0 Å². The van der Waals surface area contributed by atoms with Crippen LogP contribution in [0.2, 0.25) is 0 Å². The molecule has 12 heteroatoms. The second-order valence-electron chi connectivity index (χ2n) is 11.5. The summed E-state index contributed by atoms with van der Waals surface area (Å²) < 4.78 is 34.8. The smallest absolute Gasteiger partial charge is 0.408 e. The third-order valence-corrected chi connectivity index (χ3v) is 6.44. The number of ether oxygens (including phenoxy) is 1. The fourth-order valence-corrected chi connectivity index (χ4v) is 4.59. The molecule has 10 nitrogen and oxygen atoms in total. The Bertz CT molecular complexity index is 1030. The van der Waals surface area contributed by atoms with Crippen molar-refractivity contribution in [3.63, 3.8) is 0 Å². The lowest BCUT2D eigenvalue weighted by molar-refractivity contribution is -0.167. The summed E-state index contributed by atoms with van der Waals surface area (Å²) in [4.78, 5) is 52.5. The Morgan fingerprint density at radius 1 is 1.10 bits per heavy atom. The van der Waals surface area contributed by atoms with Gasteiger partial charge in [0.1, 0.15) is 23.8 Å². The van der Waals surface area contributed by atoms with E-state index in [1.54, 1.807) is 51.1 Å². The topological polar surface area (TPSA) is 137 Å². The first kappa shape index (κ1) is 32.9. The van der Waals surface area contributed by atoms with E-state index < -0.39 is 59.6 Å². The van der Waals surface area contributed by atoms with E-state index in [0.717, 1.165) is 7.05 Å². The van der Waals surface area contributed by atoms with Crippen LogP contribution in [0.3, 0.4) is 0 Å². The standard InChI is InChI=1S/C28H42F2N4O6/c1-17(2)15-20(33-26(39)40-27(3,4)5)24(37)34-14-10-13-21(34)23(36)32-19(16-18-11-8-7-9-12-18)22(35)28(29,30)25(38)31-6/h7-9,11-12,17,19-22,35H,10,13-16H2,1-6H3,(H,31,38)(H,32,36)(H,33,39)/t19?,20-,21-,22+/m0/s1. The third-order valence-electron chi connectivity index (χ3n) is 6.44. The van der Waals surface area contributed by atoms with Crippen molar-refractivity contribution in [2.75, 3.05) is 13.6 Å². The molecule has 1 aromatic rings. The Morgan fingerprint density at radius 3 is 2.27 bits per heavy atom. The number of hydrogen-bond donors (Lipinski definition) is 4. The summed E-state index contributed by atoms with van der Waals surface area (Å²) in [5, 5.41) is 17.5. The van der Waals surface area contributed by atoms with Crippen molar-refractivity contribution in [1.82, 2.24) is 20.9 Å². The van der Waals surface area contributed by atoms with Gasteiger partial charge in [-0.15, -0.1) is 0 Å². The van der Waals surface area contributed by atoms with Crippen molar-refractivity contribution in [3.05, 3.63) is 35.9 Å². The van der Waals surface area contributed by atoms with E-state index in [-0.39, 0.29) is 31.7 Å². The number of aliphatic hydroxyl groups excluding tert-OH is 1. The van der Waals surface area contributed by atoms with Crippen LogP contribution in [0.5, 0.6) is 0 Å². The molecule has 0 radical (unpaired) electrons. The third kappa shape index (κ3) is 9.14. The monoisotopic (exact) mass is 568 g/mol. The highest BCUT2D eigenvalue weighted by Gasteiger charge is 2.50. The summed E-state index contributed by atoms with van der Waals surface area (Å²) in [6, 6.07) is 4.87. The Labute approximate surface area is 234 Å².